The highest BCUT2D eigenvalue weighted by Gasteiger charge is 2.20. The standard InChI is InChI=1S/C23H25N5O2/c1-16-24-22(17-9-3-2-4-10-17)28(27-16)15-21(29)26-20-14-8-7-13-19(20)23(30)25-18-11-5-6-12-18/h2-4,7-10,13-14,18H,5-6,11-12,15H2,1H3,(H,25,30)(H,26,29). The molecule has 154 valence electrons. The van der Waals surface area contributed by atoms with Gasteiger partial charge in [0.25, 0.3) is 5.91 Å². The number of amides is 2. The summed E-state index contributed by atoms with van der Waals surface area (Å²) in [5.41, 5.74) is 1.86. The number of aromatic nitrogens is 3. The molecule has 1 aromatic heterocycles. The van der Waals surface area contributed by atoms with Crippen LogP contribution in [0, 0.1) is 6.92 Å². The van der Waals surface area contributed by atoms with Gasteiger partial charge in [-0.3, -0.25) is 9.59 Å². The molecule has 2 N–H and O–H groups in total. The molecule has 1 fully saturated rings. The largest absolute Gasteiger partial charge is 0.349 e. The zero-order valence-corrected chi connectivity index (χ0v) is 17.0. The van der Waals surface area contributed by atoms with Crippen LogP contribution in [0.4, 0.5) is 5.69 Å². The number of benzene rings is 2. The zero-order chi connectivity index (χ0) is 20.9. The second-order valence-electron chi connectivity index (χ2n) is 7.55. The fourth-order valence-corrected chi connectivity index (χ4v) is 3.82. The van der Waals surface area contributed by atoms with Gasteiger partial charge in [-0.05, 0) is 31.9 Å². The highest BCUT2D eigenvalue weighted by Crippen LogP contribution is 2.21. The van der Waals surface area contributed by atoms with Crippen molar-refractivity contribution in [1.82, 2.24) is 20.1 Å². The van der Waals surface area contributed by atoms with Crippen molar-refractivity contribution >= 4 is 17.5 Å². The summed E-state index contributed by atoms with van der Waals surface area (Å²) in [4.78, 5) is 29.9. The average Bonchev–Trinajstić information content (AvgIpc) is 3.38. The third-order valence-electron chi connectivity index (χ3n) is 5.24. The Morgan fingerprint density at radius 1 is 1.03 bits per heavy atom. The number of carbonyl (C=O) groups excluding carboxylic acids is 2. The molecular weight excluding hydrogens is 378 g/mol. The lowest BCUT2D eigenvalue weighted by atomic mass is 10.1. The van der Waals surface area contributed by atoms with Crippen LogP contribution in [0.15, 0.2) is 54.6 Å². The van der Waals surface area contributed by atoms with Crippen molar-refractivity contribution < 1.29 is 9.59 Å². The number of rotatable bonds is 6. The number of para-hydroxylation sites is 1. The fourth-order valence-electron chi connectivity index (χ4n) is 3.82. The van der Waals surface area contributed by atoms with Crippen molar-refractivity contribution in [3.8, 4) is 11.4 Å². The molecule has 7 heteroatoms. The number of carbonyl (C=O) groups is 2. The van der Waals surface area contributed by atoms with E-state index in [9.17, 15) is 9.59 Å². The van der Waals surface area contributed by atoms with Crippen molar-refractivity contribution in [1.29, 1.82) is 0 Å². The maximum Gasteiger partial charge on any atom is 0.253 e. The molecule has 2 aromatic carbocycles. The summed E-state index contributed by atoms with van der Waals surface area (Å²) >= 11 is 0. The van der Waals surface area contributed by atoms with Gasteiger partial charge in [0.15, 0.2) is 5.82 Å². The molecule has 0 bridgehead atoms. The van der Waals surface area contributed by atoms with Crippen LogP contribution < -0.4 is 10.6 Å². The second kappa shape index (κ2) is 8.90. The van der Waals surface area contributed by atoms with Gasteiger partial charge in [0.2, 0.25) is 5.91 Å². The molecule has 0 atom stereocenters. The Kier molecular flexibility index (Phi) is 5.88. The molecule has 0 radical (unpaired) electrons. The molecule has 0 unspecified atom stereocenters. The van der Waals surface area contributed by atoms with Crippen molar-refractivity contribution in [2.75, 3.05) is 5.32 Å². The van der Waals surface area contributed by atoms with Gasteiger partial charge >= 0.3 is 0 Å². The topological polar surface area (TPSA) is 88.9 Å². The monoisotopic (exact) mass is 403 g/mol. The van der Waals surface area contributed by atoms with Gasteiger partial charge in [-0.15, -0.1) is 0 Å². The van der Waals surface area contributed by atoms with Gasteiger partial charge in [0, 0.05) is 11.6 Å². The number of hydrogen-bond acceptors (Lipinski definition) is 4. The Hall–Kier alpha value is -3.48. The smallest absolute Gasteiger partial charge is 0.253 e. The Bertz CT molecular complexity index is 1040. The summed E-state index contributed by atoms with van der Waals surface area (Å²) in [7, 11) is 0. The van der Waals surface area contributed by atoms with Crippen LogP contribution in [-0.4, -0.2) is 32.6 Å². The Balaban J connectivity index is 1.48. The van der Waals surface area contributed by atoms with Crippen molar-refractivity contribution in [3.05, 3.63) is 66.0 Å². The van der Waals surface area contributed by atoms with E-state index < -0.39 is 0 Å². The Morgan fingerprint density at radius 3 is 2.50 bits per heavy atom. The van der Waals surface area contributed by atoms with Crippen LogP contribution in [0.1, 0.15) is 41.9 Å². The second-order valence-corrected chi connectivity index (χ2v) is 7.55. The van der Waals surface area contributed by atoms with Gasteiger partial charge in [-0.2, -0.15) is 5.10 Å². The summed E-state index contributed by atoms with van der Waals surface area (Å²) in [6, 6.07) is 16.9. The SMILES string of the molecule is Cc1nc(-c2ccccc2)n(CC(=O)Nc2ccccc2C(=O)NC2CCCC2)n1. The Labute approximate surface area is 175 Å². The molecule has 7 nitrogen and oxygen atoms in total. The summed E-state index contributed by atoms with van der Waals surface area (Å²) in [6.45, 7) is 1.80. The molecule has 4 rings (SSSR count). The van der Waals surface area contributed by atoms with Crippen LogP contribution in [0.25, 0.3) is 11.4 Å². The highest BCUT2D eigenvalue weighted by molar-refractivity contribution is 6.03. The van der Waals surface area contributed by atoms with Crippen molar-refractivity contribution in [2.45, 2.75) is 45.2 Å². The van der Waals surface area contributed by atoms with Crippen LogP contribution in [0.2, 0.25) is 0 Å². The number of hydrogen-bond donors (Lipinski definition) is 2. The molecule has 1 aliphatic rings. The van der Waals surface area contributed by atoms with Gasteiger partial charge in [-0.25, -0.2) is 9.67 Å². The lowest BCUT2D eigenvalue weighted by Crippen LogP contribution is -2.33. The van der Waals surface area contributed by atoms with E-state index in [0.717, 1.165) is 31.2 Å². The first kappa shape index (κ1) is 19.8. The summed E-state index contributed by atoms with van der Waals surface area (Å²) < 4.78 is 1.58. The van der Waals surface area contributed by atoms with Crippen LogP contribution in [-0.2, 0) is 11.3 Å². The van der Waals surface area contributed by atoms with E-state index in [-0.39, 0.29) is 24.4 Å². The predicted molar refractivity (Wildman–Crippen MR) is 115 cm³/mol. The normalized spacial score (nSPS) is 13.9. The molecule has 30 heavy (non-hydrogen) atoms. The summed E-state index contributed by atoms with van der Waals surface area (Å²) in [5, 5.41) is 10.3. The van der Waals surface area contributed by atoms with E-state index in [1.807, 2.05) is 30.3 Å². The van der Waals surface area contributed by atoms with E-state index in [1.165, 1.54) is 0 Å². The Morgan fingerprint density at radius 2 is 1.73 bits per heavy atom. The van der Waals surface area contributed by atoms with Crippen LogP contribution in [0.3, 0.4) is 0 Å². The first-order valence-corrected chi connectivity index (χ1v) is 10.3. The summed E-state index contributed by atoms with van der Waals surface area (Å²) in [5.74, 6) is 0.811. The summed E-state index contributed by atoms with van der Waals surface area (Å²) in [6.07, 6.45) is 4.30. The number of nitrogens with one attached hydrogen (secondary N) is 2. The minimum atomic E-state index is -0.266. The molecule has 2 amide bonds. The van der Waals surface area contributed by atoms with Gasteiger partial charge < -0.3 is 10.6 Å². The van der Waals surface area contributed by atoms with Gasteiger partial charge in [0.05, 0.1) is 11.3 Å². The van der Waals surface area contributed by atoms with Crippen molar-refractivity contribution in [2.24, 2.45) is 0 Å². The molecule has 0 spiro atoms. The minimum Gasteiger partial charge on any atom is -0.349 e. The third-order valence-corrected chi connectivity index (χ3v) is 5.24. The zero-order valence-electron chi connectivity index (χ0n) is 17.0. The van der Waals surface area contributed by atoms with E-state index in [1.54, 1.807) is 35.9 Å². The minimum absolute atomic E-state index is 0.00362. The first-order chi connectivity index (χ1) is 14.6. The molecule has 0 saturated heterocycles. The van der Waals surface area contributed by atoms with Crippen LogP contribution >= 0.6 is 0 Å². The quantitative estimate of drug-likeness (QED) is 0.659. The lowest BCUT2D eigenvalue weighted by molar-refractivity contribution is -0.116. The van der Waals surface area contributed by atoms with E-state index in [0.29, 0.717) is 22.9 Å². The fraction of sp³-hybridized carbons (Fsp3) is 0.304. The molecular formula is C23H25N5O2. The number of aryl methyl sites for hydroxylation is 1. The van der Waals surface area contributed by atoms with E-state index >= 15 is 0 Å². The third kappa shape index (κ3) is 4.56. The average molecular weight is 403 g/mol. The van der Waals surface area contributed by atoms with Gasteiger partial charge in [0.1, 0.15) is 12.4 Å². The maximum atomic E-state index is 12.8. The van der Waals surface area contributed by atoms with E-state index in [4.69, 9.17) is 0 Å². The van der Waals surface area contributed by atoms with Crippen molar-refractivity contribution in [3.63, 3.8) is 0 Å². The number of anilines is 1. The highest BCUT2D eigenvalue weighted by atomic mass is 16.2. The molecule has 1 aliphatic carbocycles. The number of nitrogens with zero attached hydrogens (tertiary/aromatic N) is 3. The first-order valence-electron chi connectivity index (χ1n) is 10.3. The van der Waals surface area contributed by atoms with Gasteiger partial charge in [-0.1, -0.05) is 55.3 Å². The maximum absolute atomic E-state index is 12.8. The van der Waals surface area contributed by atoms with E-state index in [2.05, 4.69) is 20.7 Å². The predicted octanol–water partition coefficient (Wildman–Crippen LogP) is 3.56. The molecule has 1 heterocycles. The molecule has 0 aliphatic heterocycles. The molecule has 1 saturated carbocycles. The molecule has 3 aromatic rings. The lowest BCUT2D eigenvalue weighted by Gasteiger charge is -2.15. The van der Waals surface area contributed by atoms with Crippen LogP contribution in [0.5, 0.6) is 0 Å².